The maximum absolute atomic E-state index is 12.6. The number of benzene rings is 1. The van der Waals surface area contributed by atoms with Crippen LogP contribution in [-0.2, 0) is 9.59 Å². The maximum atomic E-state index is 12.6. The number of anilines is 1. The second-order valence-corrected chi connectivity index (χ2v) is 5.30. The average Bonchev–Trinajstić information content (AvgIpc) is 2.41. The largest absolute Gasteiger partial charge is 0.481 e. The molecule has 0 unspecified atom stereocenters. The molecule has 20 heavy (non-hydrogen) atoms. The van der Waals surface area contributed by atoms with E-state index in [9.17, 15) is 9.59 Å². The Kier molecular flexibility index (Phi) is 4.39. The molecular weight excluding hydrogens is 256 g/mol. The van der Waals surface area contributed by atoms with Crippen LogP contribution < -0.4 is 10.6 Å². The monoisotopic (exact) mass is 276 g/mol. The van der Waals surface area contributed by atoms with Gasteiger partial charge in [-0.1, -0.05) is 18.2 Å². The maximum Gasteiger partial charge on any atom is 0.303 e. The van der Waals surface area contributed by atoms with Crippen LogP contribution in [0.3, 0.4) is 0 Å². The zero-order chi connectivity index (χ0) is 14.6. The molecule has 1 aromatic carbocycles. The normalized spacial score (nSPS) is 16.2. The number of carboxylic acids is 1. The summed E-state index contributed by atoms with van der Waals surface area (Å²) in [6.07, 6.45) is 2.85. The van der Waals surface area contributed by atoms with E-state index in [1.807, 2.05) is 30.3 Å². The summed E-state index contributed by atoms with van der Waals surface area (Å²) in [4.78, 5) is 24.8. The molecule has 5 heteroatoms. The molecule has 2 rings (SSSR count). The molecular formula is C15H20N2O3. The van der Waals surface area contributed by atoms with Gasteiger partial charge in [-0.25, -0.2) is 0 Å². The molecule has 0 saturated heterocycles. The first-order valence-electron chi connectivity index (χ1n) is 6.91. The van der Waals surface area contributed by atoms with E-state index in [0.717, 1.165) is 12.1 Å². The van der Waals surface area contributed by atoms with Gasteiger partial charge in [0.1, 0.15) is 0 Å². The Hall–Kier alpha value is -1.88. The third kappa shape index (κ3) is 3.17. The topological polar surface area (TPSA) is 83.6 Å². The molecule has 1 amide bonds. The van der Waals surface area contributed by atoms with Gasteiger partial charge < -0.3 is 15.7 Å². The zero-order valence-corrected chi connectivity index (χ0v) is 11.4. The molecule has 0 atom stereocenters. The van der Waals surface area contributed by atoms with E-state index >= 15 is 0 Å². The number of para-hydroxylation sites is 1. The van der Waals surface area contributed by atoms with Crippen molar-refractivity contribution in [3.8, 4) is 0 Å². The number of rotatable bonds is 6. The highest BCUT2D eigenvalue weighted by Crippen LogP contribution is 2.32. The standard InChI is InChI=1S/C15H20N2O3/c16-15(9-5-10-15)14(20)17(11-4-8-13(18)19)12-6-2-1-3-7-12/h1-3,6-7H,4-5,8-11,16H2,(H,18,19). The van der Waals surface area contributed by atoms with Crippen molar-refractivity contribution >= 4 is 17.6 Å². The number of aliphatic carboxylic acids is 1. The number of hydrogen-bond donors (Lipinski definition) is 2. The highest BCUT2D eigenvalue weighted by Gasteiger charge is 2.42. The van der Waals surface area contributed by atoms with Gasteiger partial charge >= 0.3 is 5.97 Å². The minimum Gasteiger partial charge on any atom is -0.481 e. The van der Waals surface area contributed by atoms with Crippen molar-refractivity contribution in [1.29, 1.82) is 0 Å². The van der Waals surface area contributed by atoms with Gasteiger partial charge in [0, 0.05) is 18.7 Å². The predicted molar refractivity (Wildman–Crippen MR) is 76.4 cm³/mol. The zero-order valence-electron chi connectivity index (χ0n) is 11.4. The number of carboxylic acid groups (broad SMARTS) is 1. The Bertz CT molecular complexity index is 483. The van der Waals surface area contributed by atoms with Crippen LogP contribution in [-0.4, -0.2) is 29.1 Å². The third-order valence-corrected chi connectivity index (χ3v) is 3.76. The van der Waals surface area contributed by atoms with Crippen molar-refractivity contribution in [2.45, 2.75) is 37.6 Å². The van der Waals surface area contributed by atoms with Crippen LogP contribution >= 0.6 is 0 Å². The van der Waals surface area contributed by atoms with E-state index in [1.54, 1.807) is 4.90 Å². The van der Waals surface area contributed by atoms with E-state index in [1.165, 1.54) is 0 Å². The van der Waals surface area contributed by atoms with Gasteiger partial charge in [0.2, 0.25) is 5.91 Å². The number of carbonyl (C=O) groups is 2. The van der Waals surface area contributed by atoms with Crippen LogP contribution in [0.2, 0.25) is 0 Å². The number of carbonyl (C=O) groups excluding carboxylic acids is 1. The van der Waals surface area contributed by atoms with E-state index in [4.69, 9.17) is 10.8 Å². The lowest BCUT2D eigenvalue weighted by molar-refractivity contribution is -0.137. The fourth-order valence-electron chi connectivity index (χ4n) is 2.38. The Morgan fingerprint density at radius 1 is 1.25 bits per heavy atom. The molecule has 1 saturated carbocycles. The van der Waals surface area contributed by atoms with Crippen LogP contribution in [0.25, 0.3) is 0 Å². The minimum absolute atomic E-state index is 0.0498. The summed E-state index contributed by atoms with van der Waals surface area (Å²) < 4.78 is 0. The third-order valence-electron chi connectivity index (χ3n) is 3.76. The molecule has 3 N–H and O–H groups in total. The summed E-state index contributed by atoms with van der Waals surface area (Å²) in [5, 5.41) is 8.72. The van der Waals surface area contributed by atoms with Gasteiger partial charge in [-0.2, -0.15) is 0 Å². The number of nitrogens with zero attached hydrogens (tertiary/aromatic N) is 1. The molecule has 1 fully saturated rings. The summed E-state index contributed by atoms with van der Waals surface area (Å²) in [7, 11) is 0. The lowest BCUT2D eigenvalue weighted by Crippen LogP contribution is -2.60. The van der Waals surface area contributed by atoms with Gasteiger partial charge in [-0.3, -0.25) is 9.59 Å². The van der Waals surface area contributed by atoms with Gasteiger partial charge in [-0.05, 0) is 37.8 Å². The fraction of sp³-hybridized carbons (Fsp3) is 0.467. The van der Waals surface area contributed by atoms with Crippen molar-refractivity contribution < 1.29 is 14.7 Å². The first-order valence-corrected chi connectivity index (χ1v) is 6.91. The van der Waals surface area contributed by atoms with E-state index in [2.05, 4.69) is 0 Å². The van der Waals surface area contributed by atoms with Gasteiger partial charge in [0.25, 0.3) is 0 Å². The Morgan fingerprint density at radius 2 is 1.90 bits per heavy atom. The van der Waals surface area contributed by atoms with Gasteiger partial charge in [0.05, 0.1) is 5.54 Å². The van der Waals surface area contributed by atoms with Gasteiger partial charge in [0.15, 0.2) is 0 Å². The molecule has 108 valence electrons. The van der Waals surface area contributed by atoms with Crippen molar-refractivity contribution in [2.24, 2.45) is 5.73 Å². The fourth-order valence-corrected chi connectivity index (χ4v) is 2.38. The second-order valence-electron chi connectivity index (χ2n) is 5.30. The summed E-state index contributed by atoms with van der Waals surface area (Å²) >= 11 is 0. The molecule has 0 radical (unpaired) electrons. The van der Waals surface area contributed by atoms with Gasteiger partial charge in [-0.15, -0.1) is 0 Å². The van der Waals surface area contributed by atoms with Crippen LogP contribution in [0.5, 0.6) is 0 Å². The molecule has 5 nitrogen and oxygen atoms in total. The SMILES string of the molecule is NC1(C(=O)N(CCCC(=O)O)c2ccccc2)CCC1. The Labute approximate surface area is 118 Å². The number of nitrogens with two attached hydrogens (primary N) is 1. The quantitative estimate of drug-likeness (QED) is 0.829. The molecule has 1 aliphatic rings. The number of hydrogen-bond acceptors (Lipinski definition) is 3. The molecule has 1 aliphatic carbocycles. The van der Waals surface area contributed by atoms with Crippen LogP contribution in [0, 0.1) is 0 Å². The summed E-state index contributed by atoms with van der Waals surface area (Å²) in [6.45, 7) is 0.383. The smallest absolute Gasteiger partial charge is 0.303 e. The summed E-state index contributed by atoms with van der Waals surface area (Å²) in [6, 6.07) is 9.29. The first kappa shape index (κ1) is 14.5. The second kappa shape index (κ2) is 6.05. The molecule has 0 spiro atoms. The Balaban J connectivity index is 2.11. The number of amides is 1. The molecule has 0 bridgehead atoms. The highest BCUT2D eigenvalue weighted by molar-refractivity contribution is 6.00. The lowest BCUT2D eigenvalue weighted by Gasteiger charge is -2.40. The summed E-state index contributed by atoms with van der Waals surface area (Å²) in [5.74, 6) is -0.947. The predicted octanol–water partition coefficient (Wildman–Crippen LogP) is 1.77. The average molecular weight is 276 g/mol. The molecule has 1 aromatic rings. The van der Waals surface area contributed by atoms with E-state index < -0.39 is 11.5 Å². The lowest BCUT2D eigenvalue weighted by atomic mass is 9.76. The first-order chi connectivity index (χ1) is 9.53. The van der Waals surface area contributed by atoms with Crippen molar-refractivity contribution in [1.82, 2.24) is 0 Å². The minimum atomic E-state index is -0.850. The van der Waals surface area contributed by atoms with Crippen LogP contribution in [0.4, 0.5) is 5.69 Å². The van der Waals surface area contributed by atoms with E-state index in [-0.39, 0.29) is 12.3 Å². The highest BCUT2D eigenvalue weighted by atomic mass is 16.4. The molecule has 0 heterocycles. The summed E-state index contributed by atoms with van der Waals surface area (Å²) in [5.41, 5.74) is 6.12. The van der Waals surface area contributed by atoms with Crippen LogP contribution in [0.15, 0.2) is 30.3 Å². The van der Waals surface area contributed by atoms with Crippen molar-refractivity contribution in [3.05, 3.63) is 30.3 Å². The van der Waals surface area contributed by atoms with Crippen LogP contribution in [0.1, 0.15) is 32.1 Å². The Morgan fingerprint density at radius 3 is 2.40 bits per heavy atom. The van der Waals surface area contributed by atoms with E-state index in [0.29, 0.717) is 25.8 Å². The van der Waals surface area contributed by atoms with Crippen molar-refractivity contribution in [3.63, 3.8) is 0 Å². The van der Waals surface area contributed by atoms with Crippen molar-refractivity contribution in [2.75, 3.05) is 11.4 Å². The molecule has 0 aromatic heterocycles. The molecule has 0 aliphatic heterocycles.